The molecule has 0 fully saturated rings. The van der Waals surface area contributed by atoms with E-state index < -0.39 is 16.1 Å². The van der Waals surface area contributed by atoms with Crippen LogP contribution in [0, 0.1) is 5.92 Å². The standard InChI is InChI=1S/C12H17BrClNO4S/c1-7(2)10(6-16)15-20(17,18)11-5-8(14)4-9(13)12(11)19-3/h4-5,7,10,15-16H,6H2,1-3H3. The van der Waals surface area contributed by atoms with E-state index in [1.165, 1.54) is 13.2 Å². The molecule has 0 spiro atoms. The van der Waals surface area contributed by atoms with Crippen molar-refractivity contribution in [2.45, 2.75) is 24.8 Å². The van der Waals surface area contributed by atoms with Crippen LogP contribution in [0.15, 0.2) is 21.5 Å². The molecule has 1 aromatic rings. The van der Waals surface area contributed by atoms with Gasteiger partial charge in [-0.25, -0.2) is 13.1 Å². The Labute approximate surface area is 132 Å². The molecule has 1 rings (SSSR count). The first kappa shape index (κ1) is 17.7. The number of hydrogen-bond acceptors (Lipinski definition) is 4. The van der Waals surface area contributed by atoms with Gasteiger partial charge in [0.05, 0.1) is 18.2 Å². The van der Waals surface area contributed by atoms with Crippen LogP contribution >= 0.6 is 27.5 Å². The van der Waals surface area contributed by atoms with Gasteiger partial charge in [0, 0.05) is 11.1 Å². The number of nitrogens with one attached hydrogen (secondary N) is 1. The zero-order chi connectivity index (χ0) is 15.5. The van der Waals surface area contributed by atoms with Gasteiger partial charge in [-0.2, -0.15) is 0 Å². The van der Waals surface area contributed by atoms with Crippen LogP contribution < -0.4 is 9.46 Å². The SMILES string of the molecule is COc1c(Br)cc(Cl)cc1S(=O)(=O)NC(CO)C(C)C. The van der Waals surface area contributed by atoms with E-state index >= 15 is 0 Å². The minimum absolute atomic E-state index is 0.0524. The molecule has 5 nitrogen and oxygen atoms in total. The van der Waals surface area contributed by atoms with Crippen molar-refractivity contribution in [2.75, 3.05) is 13.7 Å². The number of methoxy groups -OCH3 is 1. The highest BCUT2D eigenvalue weighted by Gasteiger charge is 2.26. The lowest BCUT2D eigenvalue weighted by atomic mass is 10.1. The summed E-state index contributed by atoms with van der Waals surface area (Å²) < 4.78 is 32.8. The largest absolute Gasteiger partial charge is 0.494 e. The van der Waals surface area contributed by atoms with Gasteiger partial charge >= 0.3 is 0 Å². The molecule has 0 saturated heterocycles. The average Bonchev–Trinajstić information content (AvgIpc) is 2.34. The number of sulfonamides is 1. The van der Waals surface area contributed by atoms with Crippen LogP contribution in [-0.2, 0) is 10.0 Å². The van der Waals surface area contributed by atoms with Crippen LogP contribution in [-0.4, -0.2) is 33.3 Å². The summed E-state index contributed by atoms with van der Waals surface area (Å²) in [7, 11) is -2.48. The minimum atomic E-state index is -3.85. The molecule has 0 amide bonds. The van der Waals surface area contributed by atoms with Gasteiger partial charge in [0.2, 0.25) is 10.0 Å². The lowest BCUT2D eigenvalue weighted by molar-refractivity contribution is 0.227. The first-order chi connectivity index (χ1) is 9.22. The Bertz CT molecular complexity index is 577. The number of aliphatic hydroxyl groups is 1. The van der Waals surface area contributed by atoms with E-state index in [-0.39, 0.29) is 28.2 Å². The van der Waals surface area contributed by atoms with Crippen molar-refractivity contribution in [2.24, 2.45) is 5.92 Å². The van der Waals surface area contributed by atoms with E-state index in [0.717, 1.165) is 0 Å². The molecule has 0 aliphatic carbocycles. The van der Waals surface area contributed by atoms with Crippen LogP contribution in [0.3, 0.4) is 0 Å². The van der Waals surface area contributed by atoms with E-state index in [1.54, 1.807) is 6.07 Å². The summed E-state index contributed by atoms with van der Waals surface area (Å²) in [5, 5.41) is 9.52. The highest BCUT2D eigenvalue weighted by atomic mass is 79.9. The Hall–Kier alpha value is -0.340. The van der Waals surface area contributed by atoms with Gasteiger partial charge in [0.1, 0.15) is 4.90 Å². The highest BCUT2D eigenvalue weighted by molar-refractivity contribution is 9.10. The summed E-state index contributed by atoms with van der Waals surface area (Å²) in [6.45, 7) is 3.34. The predicted molar refractivity (Wildman–Crippen MR) is 81.7 cm³/mol. The zero-order valence-electron chi connectivity index (χ0n) is 11.4. The van der Waals surface area contributed by atoms with Crippen molar-refractivity contribution >= 4 is 37.6 Å². The van der Waals surface area contributed by atoms with E-state index in [9.17, 15) is 13.5 Å². The number of ether oxygens (including phenoxy) is 1. The van der Waals surface area contributed by atoms with Gasteiger partial charge in [-0.05, 0) is 34.0 Å². The molecule has 1 unspecified atom stereocenters. The Kier molecular flexibility index (Phi) is 6.27. The molecule has 0 saturated carbocycles. The lowest BCUT2D eigenvalue weighted by Crippen LogP contribution is -2.41. The van der Waals surface area contributed by atoms with E-state index in [1.807, 2.05) is 13.8 Å². The molecule has 1 atom stereocenters. The van der Waals surface area contributed by atoms with Crippen LogP contribution in [0.5, 0.6) is 5.75 Å². The summed E-state index contributed by atoms with van der Waals surface area (Å²) in [4.78, 5) is -0.0709. The second-order valence-electron chi connectivity index (χ2n) is 4.57. The van der Waals surface area contributed by atoms with Crippen LogP contribution in [0.25, 0.3) is 0 Å². The fourth-order valence-electron chi connectivity index (χ4n) is 1.58. The summed E-state index contributed by atoms with van der Waals surface area (Å²) >= 11 is 9.10. The van der Waals surface area contributed by atoms with Crippen molar-refractivity contribution < 1.29 is 18.3 Å². The molecule has 2 N–H and O–H groups in total. The predicted octanol–water partition coefficient (Wildman–Crippen LogP) is 2.41. The normalized spacial score (nSPS) is 13.6. The van der Waals surface area contributed by atoms with E-state index in [4.69, 9.17) is 16.3 Å². The van der Waals surface area contributed by atoms with Gasteiger partial charge in [-0.1, -0.05) is 25.4 Å². The first-order valence-electron chi connectivity index (χ1n) is 5.89. The third kappa shape index (κ3) is 4.08. The van der Waals surface area contributed by atoms with Gasteiger partial charge in [0.25, 0.3) is 0 Å². The molecular weight excluding hydrogens is 370 g/mol. The van der Waals surface area contributed by atoms with Gasteiger partial charge in [0.15, 0.2) is 5.75 Å². The third-order valence-electron chi connectivity index (χ3n) is 2.78. The fourth-order valence-corrected chi connectivity index (χ4v) is 4.34. The molecule has 0 radical (unpaired) electrons. The number of rotatable bonds is 6. The van der Waals surface area contributed by atoms with E-state index in [0.29, 0.717) is 4.47 Å². The Morgan fingerprint density at radius 2 is 2.05 bits per heavy atom. The van der Waals surface area contributed by atoms with Gasteiger partial charge < -0.3 is 9.84 Å². The van der Waals surface area contributed by atoms with Gasteiger partial charge in [-0.15, -0.1) is 0 Å². The number of aliphatic hydroxyl groups excluding tert-OH is 1. The van der Waals surface area contributed by atoms with Crippen LogP contribution in [0.1, 0.15) is 13.8 Å². The zero-order valence-corrected chi connectivity index (χ0v) is 14.5. The molecule has 0 aliphatic heterocycles. The minimum Gasteiger partial charge on any atom is -0.494 e. The van der Waals surface area contributed by atoms with Crippen molar-refractivity contribution in [3.8, 4) is 5.75 Å². The van der Waals surface area contributed by atoms with Crippen molar-refractivity contribution in [3.63, 3.8) is 0 Å². The van der Waals surface area contributed by atoms with Crippen LogP contribution in [0.2, 0.25) is 5.02 Å². The van der Waals surface area contributed by atoms with Crippen molar-refractivity contribution in [3.05, 3.63) is 21.6 Å². The molecular formula is C12H17BrClNO4S. The second-order valence-corrected chi connectivity index (χ2v) is 7.55. The molecule has 114 valence electrons. The maximum absolute atomic E-state index is 12.4. The van der Waals surface area contributed by atoms with E-state index in [2.05, 4.69) is 20.7 Å². The monoisotopic (exact) mass is 385 g/mol. The average molecular weight is 387 g/mol. The second kappa shape index (κ2) is 7.09. The quantitative estimate of drug-likeness (QED) is 0.787. The Morgan fingerprint density at radius 3 is 2.50 bits per heavy atom. The lowest BCUT2D eigenvalue weighted by Gasteiger charge is -2.21. The first-order valence-corrected chi connectivity index (χ1v) is 8.54. The van der Waals surface area contributed by atoms with Crippen LogP contribution in [0.4, 0.5) is 0 Å². The number of halogens is 2. The third-order valence-corrected chi connectivity index (χ3v) is 5.08. The highest BCUT2D eigenvalue weighted by Crippen LogP contribution is 2.35. The maximum Gasteiger partial charge on any atom is 0.244 e. The molecule has 0 heterocycles. The molecule has 1 aromatic carbocycles. The number of benzene rings is 1. The van der Waals surface area contributed by atoms with Crippen molar-refractivity contribution in [1.82, 2.24) is 4.72 Å². The number of hydrogen-bond donors (Lipinski definition) is 2. The molecule has 0 bridgehead atoms. The fraction of sp³-hybridized carbons (Fsp3) is 0.500. The summed E-state index contributed by atoms with van der Waals surface area (Å²) in [6.07, 6.45) is 0. The molecule has 0 aromatic heterocycles. The smallest absolute Gasteiger partial charge is 0.244 e. The Balaban J connectivity index is 3.28. The molecule has 0 aliphatic rings. The summed E-state index contributed by atoms with van der Waals surface area (Å²) in [5.41, 5.74) is 0. The topological polar surface area (TPSA) is 75.6 Å². The molecule has 20 heavy (non-hydrogen) atoms. The van der Waals surface area contributed by atoms with Gasteiger partial charge in [-0.3, -0.25) is 0 Å². The molecule has 8 heteroatoms. The summed E-state index contributed by atoms with van der Waals surface area (Å²) in [5.74, 6) is 0.116. The Morgan fingerprint density at radius 1 is 1.45 bits per heavy atom. The summed E-state index contributed by atoms with van der Waals surface area (Å²) in [6, 6.07) is 2.27. The van der Waals surface area contributed by atoms with Crippen molar-refractivity contribution in [1.29, 1.82) is 0 Å². The maximum atomic E-state index is 12.4.